The van der Waals surface area contributed by atoms with Gasteiger partial charge in [0, 0.05) is 6.54 Å². The molecule has 108 valence electrons. The molecule has 1 fully saturated rings. The fourth-order valence-electron chi connectivity index (χ4n) is 2.07. The number of aromatic nitrogens is 2. The maximum absolute atomic E-state index is 5.71. The zero-order valence-corrected chi connectivity index (χ0v) is 12.2. The number of anilines is 1. The van der Waals surface area contributed by atoms with E-state index in [2.05, 4.69) is 48.1 Å². The number of nitrogens with zero attached hydrogens (tertiary/aromatic N) is 3. The monoisotopic (exact) mass is 268 g/mol. The van der Waals surface area contributed by atoms with Gasteiger partial charge in [0.05, 0.1) is 25.3 Å². The molecular formula is C13H24N4O2. The standard InChI is InChI=1S/C13H24N4O2/c1-9(2)5-14-6-12-15-16-13(19-12)17-7-11(4)18-8-10(17)3/h9-11,14H,5-8H2,1-4H3. The third kappa shape index (κ3) is 3.91. The minimum atomic E-state index is 0.200. The highest BCUT2D eigenvalue weighted by Crippen LogP contribution is 2.20. The molecule has 6 nitrogen and oxygen atoms in total. The van der Waals surface area contributed by atoms with E-state index < -0.39 is 0 Å². The highest BCUT2D eigenvalue weighted by molar-refractivity contribution is 5.27. The van der Waals surface area contributed by atoms with Gasteiger partial charge in [-0.15, -0.1) is 5.10 Å². The van der Waals surface area contributed by atoms with Crippen LogP contribution in [0.2, 0.25) is 0 Å². The maximum Gasteiger partial charge on any atom is 0.318 e. The smallest absolute Gasteiger partial charge is 0.318 e. The number of hydrogen-bond acceptors (Lipinski definition) is 6. The van der Waals surface area contributed by atoms with E-state index >= 15 is 0 Å². The van der Waals surface area contributed by atoms with Gasteiger partial charge in [-0.05, 0) is 26.3 Å². The number of rotatable bonds is 5. The van der Waals surface area contributed by atoms with Crippen molar-refractivity contribution in [3.8, 4) is 0 Å². The molecule has 1 saturated heterocycles. The van der Waals surface area contributed by atoms with Gasteiger partial charge in [-0.2, -0.15) is 0 Å². The molecule has 2 rings (SSSR count). The Balaban J connectivity index is 1.92. The first-order chi connectivity index (χ1) is 9.06. The molecule has 2 atom stereocenters. The van der Waals surface area contributed by atoms with E-state index in [9.17, 15) is 0 Å². The van der Waals surface area contributed by atoms with Gasteiger partial charge in [-0.3, -0.25) is 0 Å². The second-order valence-electron chi connectivity index (χ2n) is 5.65. The molecule has 0 aromatic carbocycles. The average Bonchev–Trinajstić information content (AvgIpc) is 2.80. The van der Waals surface area contributed by atoms with Crippen LogP contribution in [0.25, 0.3) is 0 Å². The van der Waals surface area contributed by atoms with E-state index in [0.29, 0.717) is 31.0 Å². The quantitative estimate of drug-likeness (QED) is 0.871. The normalized spacial score (nSPS) is 24.2. The van der Waals surface area contributed by atoms with Gasteiger partial charge >= 0.3 is 6.01 Å². The summed E-state index contributed by atoms with van der Waals surface area (Å²) in [5.74, 6) is 1.25. The van der Waals surface area contributed by atoms with E-state index in [1.54, 1.807) is 0 Å². The molecule has 1 aliphatic rings. The highest BCUT2D eigenvalue weighted by atomic mass is 16.5. The Morgan fingerprint density at radius 2 is 2.16 bits per heavy atom. The van der Waals surface area contributed by atoms with E-state index in [0.717, 1.165) is 13.1 Å². The van der Waals surface area contributed by atoms with Crippen LogP contribution in [0, 0.1) is 5.92 Å². The van der Waals surface area contributed by atoms with Crippen molar-refractivity contribution in [2.45, 2.75) is 46.4 Å². The van der Waals surface area contributed by atoms with Gasteiger partial charge in [0.15, 0.2) is 0 Å². The summed E-state index contributed by atoms with van der Waals surface area (Å²) >= 11 is 0. The molecule has 0 radical (unpaired) electrons. The summed E-state index contributed by atoms with van der Waals surface area (Å²) in [5, 5.41) is 11.5. The summed E-state index contributed by atoms with van der Waals surface area (Å²) in [6, 6.07) is 0.872. The molecule has 1 aliphatic heterocycles. The van der Waals surface area contributed by atoms with Crippen molar-refractivity contribution < 1.29 is 9.15 Å². The summed E-state index contributed by atoms with van der Waals surface area (Å²) < 4.78 is 11.3. The summed E-state index contributed by atoms with van der Waals surface area (Å²) in [7, 11) is 0. The van der Waals surface area contributed by atoms with Crippen molar-refractivity contribution in [1.82, 2.24) is 15.5 Å². The molecule has 2 heterocycles. The van der Waals surface area contributed by atoms with Crippen LogP contribution in [-0.4, -0.2) is 42.0 Å². The van der Waals surface area contributed by atoms with Gasteiger partial charge in [0.25, 0.3) is 0 Å². The topological polar surface area (TPSA) is 63.4 Å². The third-order valence-corrected chi connectivity index (χ3v) is 3.14. The molecule has 1 N–H and O–H groups in total. The number of morpholine rings is 1. The molecule has 2 unspecified atom stereocenters. The Kier molecular flexibility index (Phi) is 4.76. The molecule has 0 saturated carbocycles. The molecule has 0 aliphatic carbocycles. The molecule has 19 heavy (non-hydrogen) atoms. The first kappa shape index (κ1) is 14.3. The largest absolute Gasteiger partial charge is 0.407 e. The van der Waals surface area contributed by atoms with Crippen LogP contribution in [0.15, 0.2) is 4.42 Å². The fourth-order valence-corrected chi connectivity index (χ4v) is 2.07. The lowest BCUT2D eigenvalue weighted by molar-refractivity contribution is 0.0321. The zero-order valence-electron chi connectivity index (χ0n) is 12.2. The number of nitrogens with one attached hydrogen (secondary N) is 1. The summed E-state index contributed by atoms with van der Waals surface area (Å²) in [4.78, 5) is 2.12. The zero-order chi connectivity index (χ0) is 13.8. The van der Waals surface area contributed by atoms with Crippen LogP contribution in [-0.2, 0) is 11.3 Å². The SMILES string of the molecule is CC(C)CNCc1nnc(N2CC(C)OCC2C)o1. The average molecular weight is 268 g/mol. The Morgan fingerprint density at radius 3 is 2.89 bits per heavy atom. The fraction of sp³-hybridized carbons (Fsp3) is 0.846. The van der Waals surface area contributed by atoms with Crippen LogP contribution in [0.1, 0.15) is 33.6 Å². The number of hydrogen-bond donors (Lipinski definition) is 1. The van der Waals surface area contributed by atoms with Crippen molar-refractivity contribution in [2.75, 3.05) is 24.6 Å². The molecular weight excluding hydrogens is 244 g/mol. The minimum absolute atomic E-state index is 0.200. The molecule has 0 bridgehead atoms. The lowest BCUT2D eigenvalue weighted by Gasteiger charge is -2.35. The van der Waals surface area contributed by atoms with Crippen molar-refractivity contribution in [3.05, 3.63) is 5.89 Å². The molecule has 6 heteroatoms. The number of ether oxygens (including phenoxy) is 1. The Hall–Kier alpha value is -1.14. The Morgan fingerprint density at radius 1 is 1.37 bits per heavy atom. The summed E-state index contributed by atoms with van der Waals surface area (Å²) in [5.41, 5.74) is 0. The van der Waals surface area contributed by atoms with Gasteiger partial charge < -0.3 is 19.4 Å². The first-order valence-corrected chi connectivity index (χ1v) is 6.97. The van der Waals surface area contributed by atoms with Crippen LogP contribution in [0.3, 0.4) is 0 Å². The Bertz CT molecular complexity index is 394. The Labute approximate surface area is 114 Å². The van der Waals surface area contributed by atoms with Crippen molar-refractivity contribution in [1.29, 1.82) is 0 Å². The van der Waals surface area contributed by atoms with Crippen molar-refractivity contribution >= 4 is 6.01 Å². The molecule has 0 spiro atoms. The highest BCUT2D eigenvalue weighted by Gasteiger charge is 2.27. The van der Waals surface area contributed by atoms with Gasteiger partial charge in [-0.25, -0.2) is 0 Å². The van der Waals surface area contributed by atoms with Gasteiger partial charge in [0.2, 0.25) is 5.89 Å². The van der Waals surface area contributed by atoms with Crippen LogP contribution in [0.4, 0.5) is 6.01 Å². The third-order valence-electron chi connectivity index (χ3n) is 3.14. The van der Waals surface area contributed by atoms with Crippen LogP contribution >= 0.6 is 0 Å². The predicted molar refractivity (Wildman–Crippen MR) is 73.1 cm³/mol. The van der Waals surface area contributed by atoms with Gasteiger partial charge in [0.1, 0.15) is 0 Å². The molecule has 1 aromatic rings. The van der Waals surface area contributed by atoms with E-state index in [1.807, 2.05) is 0 Å². The molecule has 0 amide bonds. The second kappa shape index (κ2) is 6.34. The van der Waals surface area contributed by atoms with Gasteiger partial charge in [-0.1, -0.05) is 18.9 Å². The second-order valence-corrected chi connectivity index (χ2v) is 5.65. The summed E-state index contributed by atoms with van der Waals surface area (Å²) in [6.07, 6.45) is 0.200. The van der Waals surface area contributed by atoms with E-state index in [1.165, 1.54) is 0 Å². The van der Waals surface area contributed by atoms with Crippen molar-refractivity contribution in [2.24, 2.45) is 5.92 Å². The predicted octanol–water partition coefficient (Wildman–Crippen LogP) is 1.43. The first-order valence-electron chi connectivity index (χ1n) is 6.97. The van der Waals surface area contributed by atoms with Crippen LogP contribution < -0.4 is 10.2 Å². The maximum atomic E-state index is 5.71. The van der Waals surface area contributed by atoms with Crippen molar-refractivity contribution in [3.63, 3.8) is 0 Å². The van der Waals surface area contributed by atoms with E-state index in [-0.39, 0.29) is 12.1 Å². The lowest BCUT2D eigenvalue weighted by Crippen LogP contribution is -2.47. The summed E-state index contributed by atoms with van der Waals surface area (Å²) in [6.45, 7) is 11.6. The lowest BCUT2D eigenvalue weighted by atomic mass is 10.2. The van der Waals surface area contributed by atoms with Crippen LogP contribution in [0.5, 0.6) is 0 Å². The minimum Gasteiger partial charge on any atom is -0.407 e. The van der Waals surface area contributed by atoms with E-state index in [4.69, 9.17) is 9.15 Å². The molecule has 1 aromatic heterocycles.